The lowest BCUT2D eigenvalue weighted by Crippen LogP contribution is -2.26. The van der Waals surface area contributed by atoms with Gasteiger partial charge >= 0.3 is 0 Å². The number of nitrogens with one attached hydrogen (secondary N) is 1. The highest BCUT2D eigenvalue weighted by atomic mass is 32.1. The first kappa shape index (κ1) is 16.1. The predicted octanol–water partition coefficient (Wildman–Crippen LogP) is 4.00. The van der Waals surface area contributed by atoms with Crippen LogP contribution in [0.2, 0.25) is 0 Å². The van der Waals surface area contributed by atoms with E-state index in [2.05, 4.69) is 22.8 Å². The van der Waals surface area contributed by atoms with E-state index in [1.165, 1.54) is 10.9 Å². The van der Waals surface area contributed by atoms with Gasteiger partial charge in [-0.2, -0.15) is 0 Å². The second kappa shape index (κ2) is 6.15. The normalized spacial score (nSPS) is 19.1. The second-order valence-corrected chi connectivity index (χ2v) is 7.71. The zero-order valence-corrected chi connectivity index (χ0v) is 15.0. The standard InChI is InChI=1S/C20H19NO3S/c1-11-6-15-16(22)9-18(24-17(15)7-12(11)2)20(23)21-10-13-8-14(13)19-4-3-5-25-19/h3-7,9,13-14H,8,10H2,1-2H3,(H,21,23). The fourth-order valence-corrected chi connectivity index (χ4v) is 4.09. The number of fused-ring (bicyclic) bond motifs is 1. The van der Waals surface area contributed by atoms with Gasteiger partial charge in [0.05, 0.1) is 5.39 Å². The van der Waals surface area contributed by atoms with Crippen LogP contribution in [0.15, 0.2) is 44.9 Å². The van der Waals surface area contributed by atoms with E-state index in [9.17, 15) is 9.59 Å². The molecular weight excluding hydrogens is 334 g/mol. The van der Waals surface area contributed by atoms with Crippen molar-refractivity contribution in [1.29, 1.82) is 0 Å². The molecule has 1 fully saturated rings. The molecule has 128 valence electrons. The second-order valence-electron chi connectivity index (χ2n) is 6.74. The number of carbonyl (C=O) groups is 1. The molecule has 1 aliphatic rings. The van der Waals surface area contributed by atoms with Crippen LogP contribution in [0.3, 0.4) is 0 Å². The fourth-order valence-electron chi connectivity index (χ4n) is 3.16. The largest absolute Gasteiger partial charge is 0.451 e. The number of aryl methyl sites for hydroxylation is 2. The van der Waals surface area contributed by atoms with Crippen molar-refractivity contribution in [3.05, 3.63) is 67.7 Å². The third-order valence-corrected chi connectivity index (χ3v) is 5.93. The number of rotatable bonds is 4. The van der Waals surface area contributed by atoms with E-state index < -0.39 is 0 Å². The molecule has 5 heteroatoms. The molecule has 0 spiro atoms. The molecule has 2 heterocycles. The van der Waals surface area contributed by atoms with Gasteiger partial charge in [0, 0.05) is 17.5 Å². The molecule has 1 aromatic carbocycles. The Morgan fingerprint density at radius 2 is 2.08 bits per heavy atom. The molecule has 2 atom stereocenters. The van der Waals surface area contributed by atoms with Crippen LogP contribution in [0.4, 0.5) is 0 Å². The monoisotopic (exact) mass is 353 g/mol. The van der Waals surface area contributed by atoms with E-state index >= 15 is 0 Å². The van der Waals surface area contributed by atoms with Crippen LogP contribution in [-0.2, 0) is 0 Å². The maximum absolute atomic E-state index is 12.4. The van der Waals surface area contributed by atoms with Crippen molar-refractivity contribution in [2.75, 3.05) is 6.54 Å². The summed E-state index contributed by atoms with van der Waals surface area (Å²) in [6.45, 7) is 4.52. The number of thiophene rings is 1. The summed E-state index contributed by atoms with van der Waals surface area (Å²) in [5.41, 5.74) is 2.34. The van der Waals surface area contributed by atoms with E-state index in [0.717, 1.165) is 17.5 Å². The minimum Gasteiger partial charge on any atom is -0.451 e. The highest BCUT2D eigenvalue weighted by Crippen LogP contribution is 2.48. The van der Waals surface area contributed by atoms with Crippen LogP contribution >= 0.6 is 11.3 Å². The quantitative estimate of drug-likeness (QED) is 0.771. The Morgan fingerprint density at radius 1 is 1.28 bits per heavy atom. The number of hydrogen-bond acceptors (Lipinski definition) is 4. The molecule has 1 saturated carbocycles. The maximum atomic E-state index is 12.4. The van der Waals surface area contributed by atoms with Crippen LogP contribution in [0.1, 0.15) is 38.9 Å². The van der Waals surface area contributed by atoms with Crippen molar-refractivity contribution >= 4 is 28.2 Å². The van der Waals surface area contributed by atoms with Gasteiger partial charge in [-0.15, -0.1) is 11.3 Å². The van der Waals surface area contributed by atoms with E-state index in [4.69, 9.17) is 4.42 Å². The molecule has 0 saturated heterocycles. The highest BCUT2D eigenvalue weighted by molar-refractivity contribution is 7.10. The van der Waals surface area contributed by atoms with E-state index in [1.54, 1.807) is 11.3 Å². The van der Waals surface area contributed by atoms with Crippen LogP contribution in [0, 0.1) is 19.8 Å². The van der Waals surface area contributed by atoms with Crippen LogP contribution < -0.4 is 10.7 Å². The third-order valence-electron chi connectivity index (χ3n) is 4.92. The first-order valence-corrected chi connectivity index (χ1v) is 9.27. The molecule has 2 aromatic heterocycles. The minimum atomic E-state index is -0.325. The predicted molar refractivity (Wildman–Crippen MR) is 99.5 cm³/mol. The summed E-state index contributed by atoms with van der Waals surface area (Å²) in [5.74, 6) is 0.775. The van der Waals surface area contributed by atoms with E-state index in [0.29, 0.717) is 29.3 Å². The summed E-state index contributed by atoms with van der Waals surface area (Å²) >= 11 is 1.76. The Bertz CT molecular complexity index is 1000. The Kier molecular flexibility index (Phi) is 3.96. The van der Waals surface area contributed by atoms with E-state index in [1.807, 2.05) is 26.0 Å². The van der Waals surface area contributed by atoms with Crippen LogP contribution in [0.25, 0.3) is 11.0 Å². The zero-order valence-electron chi connectivity index (χ0n) is 14.2. The lowest BCUT2D eigenvalue weighted by Gasteiger charge is -2.07. The lowest BCUT2D eigenvalue weighted by molar-refractivity contribution is 0.0924. The molecular formula is C20H19NO3S. The van der Waals surface area contributed by atoms with Gasteiger partial charge in [0.1, 0.15) is 5.58 Å². The van der Waals surface area contributed by atoms with Crippen molar-refractivity contribution < 1.29 is 9.21 Å². The molecule has 3 aromatic rings. The molecule has 1 N–H and O–H groups in total. The first-order chi connectivity index (χ1) is 12.0. The summed E-state index contributed by atoms with van der Waals surface area (Å²) in [6, 6.07) is 9.12. The van der Waals surface area contributed by atoms with Crippen molar-refractivity contribution in [2.45, 2.75) is 26.2 Å². The molecule has 0 bridgehead atoms. The first-order valence-electron chi connectivity index (χ1n) is 8.39. The van der Waals surface area contributed by atoms with Gasteiger partial charge in [-0.1, -0.05) is 6.07 Å². The Hall–Kier alpha value is -2.40. The molecule has 1 amide bonds. The lowest BCUT2D eigenvalue weighted by atomic mass is 10.1. The molecule has 0 radical (unpaired) electrons. The van der Waals surface area contributed by atoms with Crippen LogP contribution in [-0.4, -0.2) is 12.5 Å². The fraction of sp³-hybridized carbons (Fsp3) is 0.300. The van der Waals surface area contributed by atoms with Gasteiger partial charge < -0.3 is 9.73 Å². The zero-order chi connectivity index (χ0) is 17.6. The maximum Gasteiger partial charge on any atom is 0.287 e. The van der Waals surface area contributed by atoms with Crippen molar-refractivity contribution in [3.8, 4) is 0 Å². The summed E-state index contributed by atoms with van der Waals surface area (Å²) in [4.78, 5) is 26.0. The number of benzene rings is 1. The Labute approximate surface area is 149 Å². The smallest absolute Gasteiger partial charge is 0.287 e. The number of hydrogen-bond donors (Lipinski definition) is 1. The number of amides is 1. The van der Waals surface area contributed by atoms with Crippen molar-refractivity contribution in [2.24, 2.45) is 5.92 Å². The molecule has 4 nitrogen and oxygen atoms in total. The summed E-state index contributed by atoms with van der Waals surface area (Å²) in [6.07, 6.45) is 1.10. The minimum absolute atomic E-state index is 0.0778. The average molecular weight is 353 g/mol. The summed E-state index contributed by atoms with van der Waals surface area (Å²) in [5, 5.41) is 5.50. The topological polar surface area (TPSA) is 59.3 Å². The van der Waals surface area contributed by atoms with Crippen molar-refractivity contribution in [3.63, 3.8) is 0 Å². The SMILES string of the molecule is Cc1cc2oc(C(=O)NCC3CC3c3cccs3)cc(=O)c2cc1C. The summed E-state index contributed by atoms with van der Waals surface area (Å²) < 4.78 is 5.68. The van der Waals surface area contributed by atoms with E-state index in [-0.39, 0.29) is 17.1 Å². The number of carbonyl (C=O) groups excluding carboxylic acids is 1. The molecule has 2 unspecified atom stereocenters. The molecule has 25 heavy (non-hydrogen) atoms. The third kappa shape index (κ3) is 3.12. The van der Waals surface area contributed by atoms with Gasteiger partial charge in [-0.3, -0.25) is 9.59 Å². The Balaban J connectivity index is 1.49. The van der Waals surface area contributed by atoms with Gasteiger partial charge in [0.25, 0.3) is 5.91 Å². The molecule has 0 aliphatic heterocycles. The molecule has 1 aliphatic carbocycles. The average Bonchev–Trinajstić information content (AvgIpc) is 3.15. The van der Waals surface area contributed by atoms with Gasteiger partial charge in [0.2, 0.25) is 0 Å². The molecule has 4 rings (SSSR count). The van der Waals surface area contributed by atoms with Gasteiger partial charge in [0.15, 0.2) is 11.2 Å². The van der Waals surface area contributed by atoms with Gasteiger partial charge in [-0.05, 0) is 66.8 Å². The Morgan fingerprint density at radius 3 is 2.84 bits per heavy atom. The van der Waals surface area contributed by atoms with Gasteiger partial charge in [-0.25, -0.2) is 0 Å². The summed E-state index contributed by atoms with van der Waals surface area (Å²) in [7, 11) is 0. The van der Waals surface area contributed by atoms with Crippen molar-refractivity contribution in [1.82, 2.24) is 5.32 Å². The van der Waals surface area contributed by atoms with Crippen LogP contribution in [0.5, 0.6) is 0 Å². The highest BCUT2D eigenvalue weighted by Gasteiger charge is 2.39.